The summed E-state index contributed by atoms with van der Waals surface area (Å²) in [6, 6.07) is 1.13. The smallest absolute Gasteiger partial charge is 0.319 e. The van der Waals surface area contributed by atoms with Crippen LogP contribution in [0.25, 0.3) is 0 Å². The molecule has 6 heteroatoms. The predicted octanol–water partition coefficient (Wildman–Crippen LogP) is 0.594. The molecule has 1 unspecified atom stereocenters. The normalized spacial score (nSPS) is 23.5. The Kier molecular flexibility index (Phi) is 2.30. The van der Waals surface area contributed by atoms with Gasteiger partial charge in [0.15, 0.2) is 0 Å². The van der Waals surface area contributed by atoms with Crippen LogP contribution >= 0.6 is 11.8 Å². The lowest BCUT2D eigenvalue weighted by Gasteiger charge is -2.30. The number of hydrogen-bond acceptors (Lipinski definition) is 6. The summed E-state index contributed by atoms with van der Waals surface area (Å²) in [5.41, 5.74) is 5.36. The quantitative estimate of drug-likeness (QED) is 0.715. The highest BCUT2D eigenvalue weighted by Crippen LogP contribution is 2.22. The number of nitrogens with two attached hydrogens (primary N) is 1. The van der Waals surface area contributed by atoms with Gasteiger partial charge >= 0.3 is 12.0 Å². The molecule has 0 aliphatic carbocycles. The molecule has 2 N–H and O–H groups in total. The van der Waals surface area contributed by atoms with Crippen LogP contribution in [0.3, 0.4) is 0 Å². The summed E-state index contributed by atoms with van der Waals surface area (Å²) in [4.78, 5) is 2.10. The van der Waals surface area contributed by atoms with Gasteiger partial charge in [-0.05, 0) is 6.92 Å². The third kappa shape index (κ3) is 1.72. The summed E-state index contributed by atoms with van der Waals surface area (Å²) >= 11 is 1.95. The van der Waals surface area contributed by atoms with E-state index in [9.17, 15) is 0 Å². The molecule has 1 saturated heterocycles. The molecule has 1 aliphatic heterocycles. The first-order chi connectivity index (χ1) is 6.27. The zero-order chi connectivity index (χ0) is 9.26. The van der Waals surface area contributed by atoms with Gasteiger partial charge in [-0.1, -0.05) is 10.2 Å². The number of anilines is 2. The third-order valence-corrected chi connectivity index (χ3v) is 3.23. The largest absolute Gasteiger partial charge is 0.390 e. The van der Waals surface area contributed by atoms with Crippen molar-refractivity contribution < 1.29 is 4.42 Å². The molecule has 0 spiro atoms. The molecule has 0 bridgehead atoms. The van der Waals surface area contributed by atoms with E-state index < -0.39 is 0 Å². The number of nitrogen functional groups attached to an aromatic ring is 1. The first kappa shape index (κ1) is 8.68. The van der Waals surface area contributed by atoms with Crippen molar-refractivity contribution in [1.82, 2.24) is 10.2 Å². The van der Waals surface area contributed by atoms with Gasteiger partial charge in [0.1, 0.15) is 0 Å². The lowest BCUT2D eigenvalue weighted by Crippen LogP contribution is -2.40. The monoisotopic (exact) mass is 200 g/mol. The van der Waals surface area contributed by atoms with Gasteiger partial charge in [0.25, 0.3) is 0 Å². The van der Waals surface area contributed by atoms with Gasteiger partial charge in [-0.15, -0.1) is 0 Å². The van der Waals surface area contributed by atoms with Crippen LogP contribution in [0.1, 0.15) is 6.92 Å². The highest BCUT2D eigenvalue weighted by Gasteiger charge is 2.22. The summed E-state index contributed by atoms with van der Waals surface area (Å²) in [6.07, 6.45) is 0. The molecule has 1 fully saturated rings. The molecule has 1 aromatic rings. The Bertz CT molecular complexity index is 290. The Morgan fingerprint density at radius 3 is 3.08 bits per heavy atom. The molecule has 5 nitrogen and oxygen atoms in total. The van der Waals surface area contributed by atoms with E-state index in [1.165, 1.54) is 0 Å². The maximum absolute atomic E-state index is 5.36. The summed E-state index contributed by atoms with van der Waals surface area (Å²) in [5, 5.41) is 7.50. The summed E-state index contributed by atoms with van der Waals surface area (Å²) in [6.45, 7) is 3.10. The van der Waals surface area contributed by atoms with E-state index in [-0.39, 0.29) is 6.01 Å². The van der Waals surface area contributed by atoms with Crippen molar-refractivity contribution in [3.05, 3.63) is 0 Å². The van der Waals surface area contributed by atoms with Gasteiger partial charge in [-0.25, -0.2) is 0 Å². The predicted molar refractivity (Wildman–Crippen MR) is 52.8 cm³/mol. The van der Waals surface area contributed by atoms with Crippen molar-refractivity contribution in [2.45, 2.75) is 13.0 Å². The minimum Gasteiger partial charge on any atom is -0.390 e. The Balaban J connectivity index is 2.14. The highest BCUT2D eigenvalue weighted by molar-refractivity contribution is 7.99. The van der Waals surface area contributed by atoms with Crippen LogP contribution in [-0.4, -0.2) is 34.3 Å². The van der Waals surface area contributed by atoms with Crippen LogP contribution in [0, 0.1) is 0 Å². The summed E-state index contributed by atoms with van der Waals surface area (Å²) in [7, 11) is 0. The van der Waals surface area contributed by atoms with E-state index in [4.69, 9.17) is 10.2 Å². The maximum atomic E-state index is 5.36. The second-order valence-corrected chi connectivity index (χ2v) is 4.19. The Hall–Kier alpha value is -0.910. The first-order valence-electron chi connectivity index (χ1n) is 4.21. The number of thioether (sulfide) groups is 1. The fraction of sp³-hybridized carbons (Fsp3) is 0.714. The van der Waals surface area contributed by atoms with Crippen LogP contribution in [0.2, 0.25) is 0 Å². The van der Waals surface area contributed by atoms with Crippen molar-refractivity contribution >= 4 is 23.8 Å². The first-order valence-corrected chi connectivity index (χ1v) is 5.36. The van der Waals surface area contributed by atoms with Crippen LogP contribution in [0.4, 0.5) is 12.0 Å². The van der Waals surface area contributed by atoms with Gasteiger partial charge in [-0.2, -0.15) is 11.8 Å². The molecule has 0 aromatic carbocycles. The topological polar surface area (TPSA) is 68.2 Å². The Morgan fingerprint density at radius 1 is 1.62 bits per heavy atom. The molecule has 1 atom stereocenters. The molecule has 13 heavy (non-hydrogen) atoms. The van der Waals surface area contributed by atoms with Gasteiger partial charge in [0, 0.05) is 24.1 Å². The number of aromatic nitrogens is 2. The third-order valence-electron chi connectivity index (χ3n) is 2.04. The second kappa shape index (κ2) is 3.45. The van der Waals surface area contributed by atoms with Gasteiger partial charge in [0.05, 0.1) is 0 Å². The van der Waals surface area contributed by atoms with E-state index in [1.807, 2.05) is 11.8 Å². The van der Waals surface area contributed by atoms with E-state index >= 15 is 0 Å². The number of hydrogen-bond donors (Lipinski definition) is 1. The van der Waals surface area contributed by atoms with E-state index in [2.05, 4.69) is 22.0 Å². The van der Waals surface area contributed by atoms with E-state index in [1.54, 1.807) is 0 Å². The van der Waals surface area contributed by atoms with E-state index in [0.717, 1.165) is 18.1 Å². The molecular formula is C7H12N4OS. The minimum atomic E-state index is 0.139. The molecule has 1 aromatic heterocycles. The number of nitrogens with zero attached hydrogens (tertiary/aromatic N) is 3. The van der Waals surface area contributed by atoms with Crippen molar-refractivity contribution in [2.75, 3.05) is 28.7 Å². The average Bonchev–Trinajstić information content (AvgIpc) is 2.53. The molecule has 72 valence electrons. The van der Waals surface area contributed by atoms with Crippen LogP contribution in [-0.2, 0) is 0 Å². The molecule has 0 radical (unpaired) electrons. The molecule has 2 heterocycles. The zero-order valence-electron chi connectivity index (χ0n) is 7.43. The lowest BCUT2D eigenvalue weighted by molar-refractivity contribution is 0.528. The molecule has 1 aliphatic rings. The SMILES string of the molecule is CC1CSCCN1c1nnc(N)o1. The van der Waals surface area contributed by atoms with Crippen molar-refractivity contribution in [2.24, 2.45) is 0 Å². The summed E-state index contributed by atoms with van der Waals surface area (Å²) in [5.74, 6) is 2.20. The van der Waals surface area contributed by atoms with Crippen molar-refractivity contribution in [3.8, 4) is 0 Å². The molecule has 0 amide bonds. The zero-order valence-corrected chi connectivity index (χ0v) is 8.25. The van der Waals surface area contributed by atoms with Crippen molar-refractivity contribution in [1.29, 1.82) is 0 Å². The average molecular weight is 200 g/mol. The molecular weight excluding hydrogens is 188 g/mol. The number of rotatable bonds is 1. The standard InChI is InChI=1S/C7H12N4OS/c1-5-4-13-3-2-11(5)7-10-9-6(8)12-7/h5H,2-4H2,1H3,(H2,8,9). The highest BCUT2D eigenvalue weighted by atomic mass is 32.2. The Morgan fingerprint density at radius 2 is 2.46 bits per heavy atom. The second-order valence-electron chi connectivity index (χ2n) is 3.04. The minimum absolute atomic E-state index is 0.139. The molecule has 0 saturated carbocycles. The van der Waals surface area contributed by atoms with Crippen LogP contribution in [0.5, 0.6) is 0 Å². The van der Waals surface area contributed by atoms with Crippen molar-refractivity contribution in [3.63, 3.8) is 0 Å². The fourth-order valence-corrected chi connectivity index (χ4v) is 2.37. The van der Waals surface area contributed by atoms with Gasteiger partial charge in [-0.3, -0.25) is 0 Å². The fourth-order valence-electron chi connectivity index (χ4n) is 1.35. The Labute approximate surface area is 80.7 Å². The van der Waals surface area contributed by atoms with Crippen LogP contribution in [0.15, 0.2) is 4.42 Å². The van der Waals surface area contributed by atoms with Gasteiger partial charge < -0.3 is 15.1 Å². The van der Waals surface area contributed by atoms with E-state index in [0.29, 0.717) is 12.1 Å². The maximum Gasteiger partial charge on any atom is 0.319 e. The van der Waals surface area contributed by atoms with Gasteiger partial charge in [0.2, 0.25) is 0 Å². The lowest BCUT2D eigenvalue weighted by atomic mass is 10.3. The summed E-state index contributed by atoms with van der Waals surface area (Å²) < 4.78 is 5.17. The molecule has 2 rings (SSSR count). The van der Waals surface area contributed by atoms with Crippen LogP contribution < -0.4 is 10.6 Å².